The molecule has 1 N–H and O–H groups in total. The molecule has 2 aromatic carbocycles. The molecule has 106 valence electrons. The summed E-state index contributed by atoms with van der Waals surface area (Å²) in [7, 11) is 0. The summed E-state index contributed by atoms with van der Waals surface area (Å²) in [4.78, 5) is 0. The third-order valence-electron chi connectivity index (χ3n) is 2.99. The van der Waals surface area contributed by atoms with Crippen molar-refractivity contribution < 1.29 is 9.13 Å². The molecule has 0 aliphatic rings. The summed E-state index contributed by atoms with van der Waals surface area (Å²) in [5.74, 6) is 0.496. The smallest absolute Gasteiger partial charge is 0.124 e. The zero-order valence-electron chi connectivity index (χ0n) is 11.5. The first-order chi connectivity index (χ1) is 9.61. The lowest BCUT2D eigenvalue weighted by Gasteiger charge is -2.19. The standard InChI is InChI=1S/C16H17ClFNO/c1-3-20-16-7-5-4-6-13(16)11(2)19-15-9-8-12(18)10-14(15)17/h4-11,19H,3H2,1-2H3. The maximum absolute atomic E-state index is 13.0. The monoisotopic (exact) mass is 293 g/mol. The van der Waals surface area contributed by atoms with Gasteiger partial charge < -0.3 is 10.1 Å². The van der Waals surface area contributed by atoms with Gasteiger partial charge in [0.05, 0.1) is 23.4 Å². The van der Waals surface area contributed by atoms with Crippen molar-refractivity contribution in [2.24, 2.45) is 0 Å². The van der Waals surface area contributed by atoms with Gasteiger partial charge in [-0.15, -0.1) is 0 Å². The van der Waals surface area contributed by atoms with E-state index in [1.165, 1.54) is 12.1 Å². The van der Waals surface area contributed by atoms with Gasteiger partial charge in [-0.2, -0.15) is 0 Å². The van der Waals surface area contributed by atoms with Crippen LogP contribution in [0.25, 0.3) is 0 Å². The molecular weight excluding hydrogens is 277 g/mol. The highest BCUT2D eigenvalue weighted by Gasteiger charge is 2.12. The largest absolute Gasteiger partial charge is 0.494 e. The van der Waals surface area contributed by atoms with Crippen LogP contribution < -0.4 is 10.1 Å². The number of ether oxygens (including phenoxy) is 1. The van der Waals surface area contributed by atoms with Gasteiger partial charge in [-0.05, 0) is 38.1 Å². The molecule has 1 unspecified atom stereocenters. The highest BCUT2D eigenvalue weighted by Crippen LogP contribution is 2.30. The number of anilines is 1. The number of hydrogen-bond donors (Lipinski definition) is 1. The number of nitrogens with one attached hydrogen (secondary N) is 1. The van der Waals surface area contributed by atoms with E-state index in [-0.39, 0.29) is 11.9 Å². The van der Waals surface area contributed by atoms with Gasteiger partial charge in [-0.3, -0.25) is 0 Å². The number of hydrogen-bond acceptors (Lipinski definition) is 2. The van der Waals surface area contributed by atoms with Gasteiger partial charge in [0.2, 0.25) is 0 Å². The quantitative estimate of drug-likeness (QED) is 0.833. The van der Waals surface area contributed by atoms with Crippen LogP contribution in [0.15, 0.2) is 42.5 Å². The molecule has 2 rings (SSSR count). The third-order valence-corrected chi connectivity index (χ3v) is 3.30. The third kappa shape index (κ3) is 3.42. The maximum atomic E-state index is 13.0. The summed E-state index contributed by atoms with van der Waals surface area (Å²) in [5, 5.41) is 3.64. The molecule has 0 saturated heterocycles. The molecule has 0 spiro atoms. The summed E-state index contributed by atoms with van der Waals surface area (Å²) >= 11 is 6.03. The summed E-state index contributed by atoms with van der Waals surface area (Å²) in [6, 6.07) is 12.1. The maximum Gasteiger partial charge on any atom is 0.124 e. The molecule has 20 heavy (non-hydrogen) atoms. The number of para-hydroxylation sites is 1. The molecule has 1 atom stereocenters. The van der Waals surface area contributed by atoms with Crippen LogP contribution in [0.2, 0.25) is 5.02 Å². The van der Waals surface area contributed by atoms with E-state index in [4.69, 9.17) is 16.3 Å². The second-order valence-corrected chi connectivity index (χ2v) is 4.87. The molecule has 0 saturated carbocycles. The SMILES string of the molecule is CCOc1ccccc1C(C)Nc1ccc(F)cc1Cl. The fraction of sp³-hybridized carbons (Fsp3) is 0.250. The molecule has 0 heterocycles. The zero-order valence-corrected chi connectivity index (χ0v) is 12.2. The Morgan fingerprint density at radius 2 is 2.00 bits per heavy atom. The van der Waals surface area contributed by atoms with Gasteiger partial charge in [0.15, 0.2) is 0 Å². The molecular formula is C16H17ClFNO. The first-order valence-corrected chi connectivity index (χ1v) is 6.93. The Balaban J connectivity index is 2.21. The lowest BCUT2D eigenvalue weighted by atomic mass is 10.1. The van der Waals surface area contributed by atoms with Gasteiger partial charge in [0.1, 0.15) is 11.6 Å². The van der Waals surface area contributed by atoms with Crippen LogP contribution in [0.4, 0.5) is 10.1 Å². The summed E-state index contributed by atoms with van der Waals surface area (Å²) in [6.07, 6.45) is 0. The Kier molecular flexibility index (Phi) is 4.85. The number of halogens is 2. The molecule has 0 aromatic heterocycles. The molecule has 0 radical (unpaired) electrons. The van der Waals surface area contributed by atoms with Gasteiger partial charge in [0, 0.05) is 5.56 Å². The lowest BCUT2D eigenvalue weighted by Crippen LogP contribution is -2.09. The van der Waals surface area contributed by atoms with Crippen LogP contribution in [0, 0.1) is 5.82 Å². The van der Waals surface area contributed by atoms with Crippen molar-refractivity contribution in [1.29, 1.82) is 0 Å². The van der Waals surface area contributed by atoms with E-state index in [0.717, 1.165) is 11.3 Å². The van der Waals surface area contributed by atoms with E-state index in [1.807, 2.05) is 38.1 Å². The second kappa shape index (κ2) is 6.62. The van der Waals surface area contributed by atoms with Crippen molar-refractivity contribution in [3.8, 4) is 5.75 Å². The Bertz CT molecular complexity index is 588. The fourth-order valence-electron chi connectivity index (χ4n) is 2.04. The Morgan fingerprint density at radius 3 is 2.70 bits per heavy atom. The number of rotatable bonds is 5. The second-order valence-electron chi connectivity index (χ2n) is 4.46. The van der Waals surface area contributed by atoms with Crippen molar-refractivity contribution in [3.63, 3.8) is 0 Å². The first kappa shape index (κ1) is 14.7. The molecule has 2 aromatic rings. The molecule has 0 aliphatic heterocycles. The van der Waals surface area contributed by atoms with Crippen LogP contribution in [-0.4, -0.2) is 6.61 Å². The van der Waals surface area contributed by atoms with Crippen LogP contribution in [0.1, 0.15) is 25.5 Å². The van der Waals surface area contributed by atoms with Crippen LogP contribution >= 0.6 is 11.6 Å². The predicted octanol–water partition coefficient (Wildman–Crippen LogP) is 5.05. The molecule has 0 aliphatic carbocycles. The predicted molar refractivity (Wildman–Crippen MR) is 81.1 cm³/mol. The van der Waals surface area contributed by atoms with E-state index in [0.29, 0.717) is 17.3 Å². The summed E-state index contributed by atoms with van der Waals surface area (Å²) in [6.45, 7) is 4.57. The zero-order chi connectivity index (χ0) is 14.5. The topological polar surface area (TPSA) is 21.3 Å². The number of benzene rings is 2. The van der Waals surface area contributed by atoms with E-state index in [2.05, 4.69) is 5.32 Å². The van der Waals surface area contributed by atoms with Crippen molar-refractivity contribution in [2.45, 2.75) is 19.9 Å². The average molecular weight is 294 g/mol. The van der Waals surface area contributed by atoms with E-state index < -0.39 is 0 Å². The summed E-state index contributed by atoms with van der Waals surface area (Å²) in [5.41, 5.74) is 1.74. The van der Waals surface area contributed by atoms with Gasteiger partial charge in [0.25, 0.3) is 0 Å². The average Bonchev–Trinajstić information content (AvgIpc) is 2.43. The lowest BCUT2D eigenvalue weighted by molar-refractivity contribution is 0.335. The van der Waals surface area contributed by atoms with Crippen LogP contribution in [0.3, 0.4) is 0 Å². The van der Waals surface area contributed by atoms with Crippen molar-refractivity contribution in [2.75, 3.05) is 11.9 Å². The van der Waals surface area contributed by atoms with Crippen molar-refractivity contribution >= 4 is 17.3 Å². The van der Waals surface area contributed by atoms with Crippen LogP contribution in [-0.2, 0) is 0 Å². The fourth-order valence-corrected chi connectivity index (χ4v) is 2.26. The van der Waals surface area contributed by atoms with Crippen LogP contribution in [0.5, 0.6) is 5.75 Å². The summed E-state index contributed by atoms with van der Waals surface area (Å²) < 4.78 is 18.7. The van der Waals surface area contributed by atoms with E-state index in [1.54, 1.807) is 6.07 Å². The Labute approximate surface area is 123 Å². The highest BCUT2D eigenvalue weighted by molar-refractivity contribution is 6.33. The minimum atomic E-state index is -0.345. The minimum absolute atomic E-state index is 0.000659. The highest BCUT2D eigenvalue weighted by atomic mass is 35.5. The van der Waals surface area contributed by atoms with E-state index in [9.17, 15) is 4.39 Å². The van der Waals surface area contributed by atoms with Crippen molar-refractivity contribution in [1.82, 2.24) is 0 Å². The first-order valence-electron chi connectivity index (χ1n) is 6.55. The molecule has 4 heteroatoms. The van der Waals surface area contributed by atoms with E-state index >= 15 is 0 Å². The molecule has 0 fully saturated rings. The molecule has 0 bridgehead atoms. The molecule has 0 amide bonds. The van der Waals surface area contributed by atoms with Gasteiger partial charge >= 0.3 is 0 Å². The normalized spacial score (nSPS) is 12.0. The minimum Gasteiger partial charge on any atom is -0.494 e. The Morgan fingerprint density at radius 1 is 1.25 bits per heavy atom. The van der Waals surface area contributed by atoms with Gasteiger partial charge in [-0.25, -0.2) is 4.39 Å². The van der Waals surface area contributed by atoms with Gasteiger partial charge in [-0.1, -0.05) is 29.8 Å². The Hall–Kier alpha value is -1.74. The van der Waals surface area contributed by atoms with Crippen molar-refractivity contribution in [3.05, 3.63) is 58.9 Å². The molecule has 2 nitrogen and oxygen atoms in total.